The van der Waals surface area contributed by atoms with E-state index in [9.17, 15) is 43.2 Å². The second kappa shape index (κ2) is 72.6. The summed E-state index contributed by atoms with van der Waals surface area (Å²) in [4.78, 5) is 73.0. The van der Waals surface area contributed by atoms with Crippen LogP contribution in [0.1, 0.15) is 427 Å². The van der Waals surface area contributed by atoms with Crippen LogP contribution in [0.25, 0.3) is 0 Å². The van der Waals surface area contributed by atoms with Crippen LogP contribution in [-0.2, 0) is 65.4 Å². The number of ether oxygens (including phenoxy) is 4. The lowest BCUT2D eigenvalue weighted by Crippen LogP contribution is -2.30. The van der Waals surface area contributed by atoms with Gasteiger partial charge in [-0.05, 0) is 37.5 Å². The number of aliphatic hydroxyl groups excluding tert-OH is 1. The van der Waals surface area contributed by atoms with Crippen LogP contribution >= 0.6 is 15.6 Å². The molecule has 0 heterocycles. The van der Waals surface area contributed by atoms with E-state index >= 15 is 0 Å². The van der Waals surface area contributed by atoms with Crippen LogP contribution in [0.3, 0.4) is 0 Å². The van der Waals surface area contributed by atoms with Crippen molar-refractivity contribution in [2.24, 2.45) is 11.8 Å². The number of carbonyl (C=O) groups is 4. The van der Waals surface area contributed by atoms with Gasteiger partial charge < -0.3 is 33.8 Å². The van der Waals surface area contributed by atoms with Crippen molar-refractivity contribution >= 4 is 39.5 Å². The molecule has 0 aromatic carbocycles. The molecule has 4 unspecified atom stereocenters. The lowest BCUT2D eigenvalue weighted by Gasteiger charge is -2.21. The first-order valence-electron chi connectivity index (χ1n) is 42.1. The monoisotopic (exact) mass is 1470 g/mol. The van der Waals surface area contributed by atoms with E-state index in [1.54, 1.807) is 0 Å². The molecule has 0 aromatic heterocycles. The predicted molar refractivity (Wildman–Crippen MR) is 409 cm³/mol. The standard InChI is InChI=1S/C81H158O17P2/c1-7-11-13-15-17-19-21-22-23-24-25-26-30-33-40-46-52-58-64-79(84)92-70-77(97-80(85)65-59-53-47-41-34-31-28-27-29-32-37-43-49-55-61-73(5)9-3)72-96-100(89,90)94-68-75(82)67-93-99(87,88)95-71-76(69-91-78(83)63-57-51-45-39-20-18-16-14-12-8-2)98-81(86)66-60-54-48-42-36-35-38-44-50-56-62-74(6)10-4/h73-77,82H,7-72H2,1-6H3,(H,87,88)(H,89,90)/t73?,74?,75-,76+,77+/m0/s1. The molecule has 0 aliphatic rings. The molecule has 0 fully saturated rings. The van der Waals surface area contributed by atoms with Crippen molar-refractivity contribution in [1.29, 1.82) is 0 Å². The van der Waals surface area contributed by atoms with Crippen molar-refractivity contribution < 1.29 is 80.2 Å². The summed E-state index contributed by atoms with van der Waals surface area (Å²) in [6, 6.07) is 0. The van der Waals surface area contributed by atoms with Gasteiger partial charge in [-0.1, -0.05) is 375 Å². The molecule has 7 atom stereocenters. The van der Waals surface area contributed by atoms with Crippen LogP contribution in [0.2, 0.25) is 0 Å². The van der Waals surface area contributed by atoms with Gasteiger partial charge in [-0.3, -0.25) is 37.3 Å². The third-order valence-corrected chi connectivity index (χ3v) is 21.6. The molecule has 0 amide bonds. The van der Waals surface area contributed by atoms with Crippen LogP contribution < -0.4 is 0 Å². The third kappa shape index (κ3) is 71.7. The Morgan fingerprint density at radius 2 is 0.480 bits per heavy atom. The second-order valence-electron chi connectivity index (χ2n) is 29.6. The van der Waals surface area contributed by atoms with Crippen molar-refractivity contribution in [1.82, 2.24) is 0 Å². The summed E-state index contributed by atoms with van der Waals surface area (Å²) >= 11 is 0. The number of phosphoric acid groups is 2. The Morgan fingerprint density at radius 1 is 0.280 bits per heavy atom. The first-order valence-corrected chi connectivity index (χ1v) is 45.1. The lowest BCUT2D eigenvalue weighted by molar-refractivity contribution is -0.161. The Balaban J connectivity index is 5.24. The third-order valence-electron chi connectivity index (χ3n) is 19.7. The fraction of sp³-hybridized carbons (Fsp3) is 0.951. The van der Waals surface area contributed by atoms with Gasteiger partial charge in [-0.25, -0.2) is 9.13 Å². The number of unbranched alkanes of at least 4 members (excludes halogenated alkanes) is 48. The van der Waals surface area contributed by atoms with Crippen molar-refractivity contribution in [2.75, 3.05) is 39.6 Å². The van der Waals surface area contributed by atoms with Gasteiger partial charge in [0.1, 0.15) is 19.3 Å². The van der Waals surface area contributed by atoms with E-state index in [2.05, 4.69) is 41.5 Å². The fourth-order valence-corrected chi connectivity index (χ4v) is 14.1. The maximum Gasteiger partial charge on any atom is 0.472 e. The summed E-state index contributed by atoms with van der Waals surface area (Å²) in [6.07, 6.45) is 62.2. The summed E-state index contributed by atoms with van der Waals surface area (Å²) in [5.41, 5.74) is 0. The Morgan fingerprint density at radius 3 is 0.710 bits per heavy atom. The lowest BCUT2D eigenvalue weighted by atomic mass is 9.99. The van der Waals surface area contributed by atoms with Crippen LogP contribution in [0.5, 0.6) is 0 Å². The van der Waals surface area contributed by atoms with Crippen LogP contribution in [-0.4, -0.2) is 96.7 Å². The Labute approximate surface area is 613 Å². The summed E-state index contributed by atoms with van der Waals surface area (Å²) < 4.78 is 68.7. The van der Waals surface area contributed by atoms with Crippen LogP contribution in [0.15, 0.2) is 0 Å². The Bertz CT molecular complexity index is 1930. The number of phosphoric ester groups is 2. The van der Waals surface area contributed by atoms with E-state index in [1.807, 2.05) is 0 Å². The average molecular weight is 1470 g/mol. The normalized spacial score (nSPS) is 14.4. The van der Waals surface area contributed by atoms with Gasteiger partial charge in [-0.15, -0.1) is 0 Å². The molecule has 0 aliphatic carbocycles. The minimum Gasteiger partial charge on any atom is -0.462 e. The fourth-order valence-electron chi connectivity index (χ4n) is 12.5. The molecule has 0 saturated carbocycles. The Hall–Kier alpha value is -1.94. The molecular formula is C81H158O17P2. The number of esters is 4. The van der Waals surface area contributed by atoms with Gasteiger partial charge in [0.2, 0.25) is 0 Å². The summed E-state index contributed by atoms with van der Waals surface area (Å²) in [6.45, 7) is 9.71. The molecule has 100 heavy (non-hydrogen) atoms. The van der Waals surface area contributed by atoms with Gasteiger partial charge in [0, 0.05) is 25.7 Å². The smallest absolute Gasteiger partial charge is 0.462 e. The maximum atomic E-state index is 13.1. The number of hydrogen-bond acceptors (Lipinski definition) is 15. The van der Waals surface area contributed by atoms with E-state index in [0.717, 1.165) is 102 Å². The van der Waals surface area contributed by atoms with Crippen molar-refractivity contribution in [3.05, 3.63) is 0 Å². The number of aliphatic hydroxyl groups is 1. The second-order valence-corrected chi connectivity index (χ2v) is 32.6. The minimum absolute atomic E-state index is 0.107. The number of rotatable bonds is 80. The molecule has 3 N–H and O–H groups in total. The highest BCUT2D eigenvalue weighted by Crippen LogP contribution is 2.45. The van der Waals surface area contributed by atoms with E-state index < -0.39 is 97.5 Å². The summed E-state index contributed by atoms with van der Waals surface area (Å²) in [5.74, 6) is -0.459. The zero-order valence-electron chi connectivity index (χ0n) is 65.5. The van der Waals surface area contributed by atoms with Crippen molar-refractivity contribution in [2.45, 2.75) is 445 Å². The highest BCUT2D eigenvalue weighted by Gasteiger charge is 2.30. The zero-order valence-corrected chi connectivity index (χ0v) is 67.3. The molecule has 0 aromatic rings. The minimum atomic E-state index is -4.96. The molecule has 19 heteroatoms. The van der Waals surface area contributed by atoms with E-state index in [4.69, 9.17) is 37.0 Å². The average Bonchev–Trinajstić information content (AvgIpc) is 1.28. The van der Waals surface area contributed by atoms with Gasteiger partial charge in [-0.2, -0.15) is 0 Å². The quantitative estimate of drug-likeness (QED) is 0.0222. The molecular weight excluding hydrogens is 1310 g/mol. The first-order chi connectivity index (χ1) is 48.4. The summed E-state index contributed by atoms with van der Waals surface area (Å²) in [7, 11) is -9.92. The molecule has 17 nitrogen and oxygen atoms in total. The van der Waals surface area contributed by atoms with Gasteiger partial charge in [0.05, 0.1) is 26.4 Å². The topological polar surface area (TPSA) is 237 Å². The van der Waals surface area contributed by atoms with Gasteiger partial charge >= 0.3 is 39.5 Å². The van der Waals surface area contributed by atoms with Crippen LogP contribution in [0.4, 0.5) is 0 Å². The maximum absolute atomic E-state index is 13.1. The molecule has 0 rings (SSSR count). The SMILES string of the molecule is CCCCCCCCCCCCCCCCCCCCC(=O)OC[C@H](COP(=O)(O)OC[C@@H](O)COP(=O)(O)OC[C@@H](COC(=O)CCCCCCCCCCCC)OC(=O)CCCCCCCCCCCCC(C)CC)OC(=O)CCCCCCCCCCCCCCCCC(C)CC. The molecule has 594 valence electrons. The molecule has 0 radical (unpaired) electrons. The Kier molecular flexibility index (Phi) is 71.2. The van der Waals surface area contributed by atoms with E-state index in [1.165, 1.54) is 244 Å². The van der Waals surface area contributed by atoms with Crippen LogP contribution in [0, 0.1) is 11.8 Å². The summed E-state index contributed by atoms with van der Waals surface area (Å²) in [5, 5.41) is 10.6. The largest absolute Gasteiger partial charge is 0.472 e. The van der Waals surface area contributed by atoms with Crippen molar-refractivity contribution in [3.63, 3.8) is 0 Å². The highest BCUT2D eigenvalue weighted by atomic mass is 31.2. The predicted octanol–water partition coefficient (Wildman–Crippen LogP) is 24.3. The number of carbonyl (C=O) groups excluding carboxylic acids is 4. The van der Waals surface area contributed by atoms with E-state index in [0.29, 0.717) is 25.7 Å². The first kappa shape index (κ1) is 98.1. The van der Waals surface area contributed by atoms with E-state index in [-0.39, 0.29) is 25.7 Å². The van der Waals surface area contributed by atoms with Gasteiger partial charge in [0.25, 0.3) is 0 Å². The molecule has 0 bridgehead atoms. The zero-order chi connectivity index (χ0) is 73.5. The molecule has 0 spiro atoms. The highest BCUT2D eigenvalue weighted by molar-refractivity contribution is 7.47. The molecule has 0 saturated heterocycles. The van der Waals surface area contributed by atoms with Gasteiger partial charge in [0.15, 0.2) is 12.2 Å². The van der Waals surface area contributed by atoms with Crippen molar-refractivity contribution in [3.8, 4) is 0 Å². The molecule has 0 aliphatic heterocycles. The number of hydrogen-bond donors (Lipinski definition) is 3.